The van der Waals surface area contributed by atoms with Gasteiger partial charge in [0.05, 0.1) is 20.7 Å². The van der Waals surface area contributed by atoms with Crippen LogP contribution < -0.4 is 0 Å². The molecule has 0 aliphatic heterocycles. The predicted octanol–water partition coefficient (Wildman–Crippen LogP) is 5.69. The average molecular weight is 315 g/mol. The van der Waals surface area contributed by atoms with Crippen molar-refractivity contribution >= 4 is 56.7 Å². The molecular formula is C13H6Cl3NS. The molecule has 1 aromatic carbocycles. The number of nitrogens with zero attached hydrogens (tertiary/aromatic N) is 1. The van der Waals surface area contributed by atoms with Gasteiger partial charge in [-0.15, -0.1) is 11.3 Å². The Morgan fingerprint density at radius 1 is 1.17 bits per heavy atom. The van der Waals surface area contributed by atoms with Gasteiger partial charge in [0.25, 0.3) is 0 Å². The lowest BCUT2D eigenvalue weighted by Gasteiger charge is -2.04. The molecule has 2 rings (SSSR count). The van der Waals surface area contributed by atoms with E-state index < -0.39 is 0 Å². The van der Waals surface area contributed by atoms with E-state index in [1.807, 2.05) is 17.5 Å². The summed E-state index contributed by atoms with van der Waals surface area (Å²) in [6.07, 6.45) is 0. The van der Waals surface area contributed by atoms with E-state index >= 15 is 0 Å². The Labute approximate surface area is 124 Å². The summed E-state index contributed by atoms with van der Waals surface area (Å²) in [7, 11) is 0. The van der Waals surface area contributed by atoms with Gasteiger partial charge in [-0.3, -0.25) is 0 Å². The Bertz CT molecular complexity index is 639. The minimum Gasteiger partial charge on any atom is -0.192 e. The van der Waals surface area contributed by atoms with Crippen molar-refractivity contribution < 1.29 is 0 Å². The first kappa shape index (κ1) is 13.5. The van der Waals surface area contributed by atoms with E-state index in [0.29, 0.717) is 26.2 Å². The molecule has 0 aliphatic rings. The van der Waals surface area contributed by atoms with Crippen molar-refractivity contribution in [1.82, 2.24) is 0 Å². The molecule has 0 spiro atoms. The second-order valence-corrected chi connectivity index (χ2v) is 5.55. The zero-order chi connectivity index (χ0) is 13.1. The quantitative estimate of drug-likeness (QED) is 0.654. The first-order chi connectivity index (χ1) is 8.63. The molecule has 1 nitrogen and oxygen atoms in total. The van der Waals surface area contributed by atoms with Gasteiger partial charge in [-0.05, 0) is 29.1 Å². The van der Waals surface area contributed by atoms with Crippen molar-refractivity contribution in [2.45, 2.75) is 0 Å². The number of allylic oxidation sites excluding steroid dienone is 1. The summed E-state index contributed by atoms with van der Waals surface area (Å²) < 4.78 is 0. The maximum absolute atomic E-state index is 9.21. The Morgan fingerprint density at radius 2 is 1.94 bits per heavy atom. The lowest BCUT2D eigenvalue weighted by Crippen LogP contribution is -1.84. The Kier molecular flexibility index (Phi) is 4.31. The highest BCUT2D eigenvalue weighted by atomic mass is 35.5. The van der Waals surface area contributed by atoms with E-state index in [0.717, 1.165) is 4.88 Å². The third kappa shape index (κ3) is 2.71. The van der Waals surface area contributed by atoms with Gasteiger partial charge in [-0.1, -0.05) is 46.9 Å². The zero-order valence-electron chi connectivity index (χ0n) is 8.95. The smallest absolute Gasteiger partial charge is 0.102 e. The summed E-state index contributed by atoms with van der Waals surface area (Å²) in [4.78, 5) is 0.827. The van der Waals surface area contributed by atoms with Crippen molar-refractivity contribution in [2.24, 2.45) is 0 Å². The average Bonchev–Trinajstić information content (AvgIpc) is 2.87. The first-order valence-corrected chi connectivity index (χ1v) is 6.94. The van der Waals surface area contributed by atoms with Gasteiger partial charge in [-0.2, -0.15) is 5.26 Å². The molecule has 0 amide bonds. The van der Waals surface area contributed by atoms with Gasteiger partial charge in [0, 0.05) is 4.88 Å². The highest BCUT2D eigenvalue weighted by Crippen LogP contribution is 2.34. The number of thiophene rings is 1. The van der Waals surface area contributed by atoms with Crippen molar-refractivity contribution in [3.8, 4) is 6.07 Å². The Balaban J connectivity index is 2.54. The van der Waals surface area contributed by atoms with Gasteiger partial charge in [-0.25, -0.2) is 0 Å². The normalized spacial score (nSPS) is 11.9. The summed E-state index contributed by atoms with van der Waals surface area (Å²) in [5.41, 5.74) is 1.11. The summed E-state index contributed by atoms with van der Waals surface area (Å²) in [6, 6.07) is 10.9. The molecule has 0 N–H and O–H groups in total. The Morgan fingerprint density at radius 3 is 2.50 bits per heavy atom. The standard InChI is InChI=1S/C13H6Cl3NS/c14-10-4-3-8(6-11(10)15)13(16)9(7-17)12-2-1-5-18-12/h1-6H. The number of hydrogen-bond donors (Lipinski definition) is 0. The third-order valence-electron chi connectivity index (χ3n) is 2.27. The fourth-order valence-corrected chi connectivity index (χ4v) is 2.75. The van der Waals surface area contributed by atoms with Crippen LogP contribution in [0.15, 0.2) is 35.7 Å². The molecule has 0 radical (unpaired) electrons. The van der Waals surface area contributed by atoms with Crippen LogP contribution in [0.4, 0.5) is 0 Å². The van der Waals surface area contributed by atoms with Gasteiger partial charge in [0.2, 0.25) is 0 Å². The van der Waals surface area contributed by atoms with Crippen LogP contribution in [-0.2, 0) is 0 Å². The molecule has 2 aromatic rings. The lowest BCUT2D eigenvalue weighted by atomic mass is 10.1. The van der Waals surface area contributed by atoms with Crippen LogP contribution in [0.5, 0.6) is 0 Å². The van der Waals surface area contributed by atoms with Gasteiger partial charge in [0.1, 0.15) is 6.07 Å². The first-order valence-electron chi connectivity index (χ1n) is 4.92. The molecule has 1 heterocycles. The number of nitriles is 1. The maximum atomic E-state index is 9.21. The summed E-state index contributed by atoms with van der Waals surface area (Å²) in [5.74, 6) is 0. The van der Waals surface area contributed by atoms with Crippen LogP contribution in [0.3, 0.4) is 0 Å². The van der Waals surface area contributed by atoms with Crippen LogP contribution in [0.1, 0.15) is 10.4 Å². The SMILES string of the molecule is N#CC(=C(Cl)c1ccc(Cl)c(Cl)c1)c1cccs1. The minimum absolute atomic E-state index is 0.374. The second kappa shape index (κ2) is 5.77. The van der Waals surface area contributed by atoms with E-state index in [2.05, 4.69) is 6.07 Å². The molecule has 1 aromatic heterocycles. The van der Waals surface area contributed by atoms with E-state index in [-0.39, 0.29) is 0 Å². The van der Waals surface area contributed by atoms with Crippen molar-refractivity contribution in [3.05, 3.63) is 56.2 Å². The molecule has 0 atom stereocenters. The largest absolute Gasteiger partial charge is 0.192 e. The highest BCUT2D eigenvalue weighted by Gasteiger charge is 2.11. The molecule has 5 heteroatoms. The highest BCUT2D eigenvalue weighted by molar-refractivity contribution is 7.11. The molecule has 0 unspecified atom stereocenters. The van der Waals surface area contributed by atoms with Crippen molar-refractivity contribution in [2.75, 3.05) is 0 Å². The summed E-state index contributed by atoms with van der Waals surface area (Å²) >= 11 is 19.5. The van der Waals surface area contributed by atoms with Gasteiger partial charge in [0.15, 0.2) is 0 Å². The molecule has 0 saturated heterocycles. The molecule has 0 aliphatic carbocycles. The zero-order valence-corrected chi connectivity index (χ0v) is 12.0. The topological polar surface area (TPSA) is 23.8 Å². The number of hydrogen-bond acceptors (Lipinski definition) is 2. The third-order valence-corrected chi connectivity index (χ3v) is 4.31. The predicted molar refractivity (Wildman–Crippen MR) is 79.1 cm³/mol. The van der Waals surface area contributed by atoms with Crippen LogP contribution in [-0.4, -0.2) is 0 Å². The van der Waals surface area contributed by atoms with Gasteiger partial charge < -0.3 is 0 Å². The molecule has 18 heavy (non-hydrogen) atoms. The van der Waals surface area contributed by atoms with E-state index in [9.17, 15) is 5.26 Å². The van der Waals surface area contributed by atoms with Gasteiger partial charge >= 0.3 is 0 Å². The van der Waals surface area contributed by atoms with Crippen LogP contribution in [0.25, 0.3) is 10.6 Å². The molecule has 0 fully saturated rings. The minimum atomic E-state index is 0.374. The van der Waals surface area contributed by atoms with E-state index in [1.165, 1.54) is 11.3 Å². The molecule has 0 saturated carbocycles. The van der Waals surface area contributed by atoms with Crippen molar-refractivity contribution in [1.29, 1.82) is 5.26 Å². The maximum Gasteiger partial charge on any atom is 0.102 e. The van der Waals surface area contributed by atoms with Crippen LogP contribution >= 0.6 is 46.1 Å². The fourth-order valence-electron chi connectivity index (χ4n) is 1.41. The lowest BCUT2D eigenvalue weighted by molar-refractivity contribution is 1.54. The molecule has 0 bridgehead atoms. The van der Waals surface area contributed by atoms with Crippen molar-refractivity contribution in [3.63, 3.8) is 0 Å². The molecular weight excluding hydrogens is 309 g/mol. The number of benzene rings is 1. The Hall–Kier alpha value is -0.980. The monoisotopic (exact) mass is 313 g/mol. The van der Waals surface area contributed by atoms with Crippen LogP contribution in [0.2, 0.25) is 10.0 Å². The fraction of sp³-hybridized carbons (Fsp3) is 0. The summed E-state index contributed by atoms with van der Waals surface area (Å²) in [5, 5.41) is 12.3. The number of halogens is 3. The number of rotatable bonds is 2. The molecule has 90 valence electrons. The van der Waals surface area contributed by atoms with E-state index in [4.69, 9.17) is 34.8 Å². The van der Waals surface area contributed by atoms with Crippen LogP contribution in [0, 0.1) is 11.3 Å². The second-order valence-electron chi connectivity index (χ2n) is 3.41. The summed E-state index contributed by atoms with van der Waals surface area (Å²) in [6.45, 7) is 0. The van der Waals surface area contributed by atoms with E-state index in [1.54, 1.807) is 18.2 Å².